The number of nitrogens with zero attached hydrogens (tertiary/aromatic N) is 1. The van der Waals surface area contributed by atoms with E-state index < -0.39 is 5.25 Å². The lowest BCUT2D eigenvalue weighted by atomic mass is 10.1. The summed E-state index contributed by atoms with van der Waals surface area (Å²) >= 11 is 4.36. The number of thiol groups is 1. The Kier molecular flexibility index (Phi) is 6.42. The minimum atomic E-state index is -0.424. The first kappa shape index (κ1) is 15.6. The molecule has 1 aromatic carbocycles. The van der Waals surface area contributed by atoms with Crippen LogP contribution < -0.4 is 5.32 Å². The van der Waals surface area contributed by atoms with E-state index in [1.54, 1.807) is 7.05 Å². The van der Waals surface area contributed by atoms with Gasteiger partial charge in [-0.2, -0.15) is 12.6 Å². The lowest BCUT2D eigenvalue weighted by Crippen LogP contribution is -2.43. The van der Waals surface area contributed by atoms with Gasteiger partial charge < -0.3 is 10.2 Å². The minimum Gasteiger partial charge on any atom is -0.358 e. The van der Waals surface area contributed by atoms with Gasteiger partial charge in [0.05, 0.1) is 11.8 Å². The molecule has 1 rings (SSSR count). The summed E-state index contributed by atoms with van der Waals surface area (Å²) in [4.78, 5) is 25.0. The van der Waals surface area contributed by atoms with Crippen molar-refractivity contribution in [3.63, 3.8) is 0 Å². The van der Waals surface area contributed by atoms with E-state index >= 15 is 0 Å². The van der Waals surface area contributed by atoms with Crippen LogP contribution in [0.1, 0.15) is 12.5 Å². The number of hydrogen-bond acceptors (Lipinski definition) is 3. The molecule has 4 nitrogen and oxygen atoms in total. The molecule has 0 saturated heterocycles. The molecule has 1 atom stereocenters. The lowest BCUT2D eigenvalue weighted by Gasteiger charge is -2.23. The van der Waals surface area contributed by atoms with E-state index in [1.165, 1.54) is 4.90 Å². The molecule has 5 heteroatoms. The molecule has 0 fully saturated rings. The average molecular weight is 280 g/mol. The topological polar surface area (TPSA) is 49.4 Å². The summed E-state index contributed by atoms with van der Waals surface area (Å²) in [6, 6.07) is 9.73. The van der Waals surface area contributed by atoms with E-state index in [2.05, 4.69) is 17.9 Å². The number of rotatable bonds is 6. The molecule has 0 aliphatic carbocycles. The number of benzene rings is 1. The van der Waals surface area contributed by atoms with Crippen LogP contribution in [0.2, 0.25) is 0 Å². The Balaban J connectivity index is 2.61. The van der Waals surface area contributed by atoms with Crippen LogP contribution in [-0.4, -0.2) is 42.1 Å². The van der Waals surface area contributed by atoms with Crippen LogP contribution in [0.5, 0.6) is 0 Å². The third kappa shape index (κ3) is 4.95. The van der Waals surface area contributed by atoms with Gasteiger partial charge >= 0.3 is 0 Å². The van der Waals surface area contributed by atoms with E-state index in [1.807, 2.05) is 37.3 Å². The molecule has 104 valence electrons. The van der Waals surface area contributed by atoms with Crippen molar-refractivity contribution in [1.29, 1.82) is 0 Å². The molecule has 0 aliphatic heterocycles. The van der Waals surface area contributed by atoms with Crippen LogP contribution in [0.3, 0.4) is 0 Å². The van der Waals surface area contributed by atoms with Gasteiger partial charge in [0.2, 0.25) is 11.8 Å². The first-order valence-electron chi connectivity index (χ1n) is 6.29. The van der Waals surface area contributed by atoms with Crippen LogP contribution in [0.25, 0.3) is 0 Å². The fourth-order valence-electron chi connectivity index (χ4n) is 1.73. The molecular weight excluding hydrogens is 260 g/mol. The first-order valence-corrected chi connectivity index (χ1v) is 6.81. The van der Waals surface area contributed by atoms with E-state index in [9.17, 15) is 9.59 Å². The zero-order valence-corrected chi connectivity index (χ0v) is 12.2. The monoisotopic (exact) mass is 280 g/mol. The molecule has 1 aromatic rings. The highest BCUT2D eigenvalue weighted by molar-refractivity contribution is 7.81. The van der Waals surface area contributed by atoms with Gasteiger partial charge in [0, 0.05) is 13.6 Å². The van der Waals surface area contributed by atoms with Gasteiger partial charge in [-0.05, 0) is 18.9 Å². The molecule has 0 radical (unpaired) electrons. The highest BCUT2D eigenvalue weighted by atomic mass is 32.1. The van der Waals surface area contributed by atoms with Crippen molar-refractivity contribution in [2.24, 2.45) is 0 Å². The summed E-state index contributed by atoms with van der Waals surface area (Å²) in [6.07, 6.45) is 0.563. The summed E-state index contributed by atoms with van der Waals surface area (Å²) in [5.74, 6) is -0.284. The highest BCUT2D eigenvalue weighted by Crippen LogP contribution is 2.10. The second-order valence-electron chi connectivity index (χ2n) is 4.23. The molecule has 0 aliphatic rings. The number of carbonyl (C=O) groups excluding carboxylic acids is 2. The molecule has 19 heavy (non-hydrogen) atoms. The highest BCUT2D eigenvalue weighted by Gasteiger charge is 2.21. The van der Waals surface area contributed by atoms with Crippen molar-refractivity contribution in [3.05, 3.63) is 35.9 Å². The number of carbonyl (C=O) groups is 2. The lowest BCUT2D eigenvalue weighted by molar-refractivity contribution is -0.135. The molecule has 0 saturated carbocycles. The maximum absolute atomic E-state index is 12.2. The van der Waals surface area contributed by atoms with Crippen LogP contribution in [0.15, 0.2) is 30.3 Å². The molecule has 2 amide bonds. The van der Waals surface area contributed by atoms with Crippen LogP contribution in [0.4, 0.5) is 0 Å². The average Bonchev–Trinajstić information content (AvgIpc) is 2.44. The predicted molar refractivity (Wildman–Crippen MR) is 79.2 cm³/mol. The van der Waals surface area contributed by atoms with Crippen molar-refractivity contribution in [2.45, 2.75) is 18.6 Å². The predicted octanol–water partition coefficient (Wildman–Crippen LogP) is 1.12. The standard InChI is InChI=1S/C14H20N2O2S/c1-3-16(10-13(17)15-2)14(18)12(19)9-11-7-5-4-6-8-11/h4-8,12,19H,3,9-10H2,1-2H3,(H,15,17). The Hall–Kier alpha value is -1.49. The van der Waals surface area contributed by atoms with E-state index in [4.69, 9.17) is 0 Å². The van der Waals surface area contributed by atoms with Crippen LogP contribution in [-0.2, 0) is 16.0 Å². The van der Waals surface area contributed by atoms with E-state index in [-0.39, 0.29) is 18.4 Å². The maximum Gasteiger partial charge on any atom is 0.239 e. The largest absolute Gasteiger partial charge is 0.358 e. The van der Waals surface area contributed by atoms with Gasteiger partial charge in [-0.15, -0.1) is 0 Å². The van der Waals surface area contributed by atoms with E-state index in [0.717, 1.165) is 5.56 Å². The quantitative estimate of drug-likeness (QED) is 0.767. The Bertz CT molecular complexity index is 423. The zero-order valence-electron chi connectivity index (χ0n) is 11.3. The molecule has 0 aromatic heterocycles. The molecule has 1 N–H and O–H groups in total. The second-order valence-corrected chi connectivity index (χ2v) is 4.85. The summed E-state index contributed by atoms with van der Waals surface area (Å²) in [5, 5.41) is 2.09. The maximum atomic E-state index is 12.2. The smallest absolute Gasteiger partial charge is 0.239 e. The van der Waals surface area contributed by atoms with Crippen molar-refractivity contribution < 1.29 is 9.59 Å². The first-order chi connectivity index (χ1) is 9.08. The van der Waals surface area contributed by atoms with Crippen molar-refractivity contribution >= 4 is 24.4 Å². The zero-order chi connectivity index (χ0) is 14.3. The van der Waals surface area contributed by atoms with Crippen LogP contribution >= 0.6 is 12.6 Å². The van der Waals surface area contributed by atoms with Crippen LogP contribution in [0, 0.1) is 0 Å². The molecule has 1 unspecified atom stereocenters. The number of amides is 2. The van der Waals surface area contributed by atoms with Gasteiger partial charge in [-0.25, -0.2) is 0 Å². The van der Waals surface area contributed by atoms with Gasteiger partial charge in [0.25, 0.3) is 0 Å². The molecular formula is C14H20N2O2S. The van der Waals surface area contributed by atoms with E-state index in [0.29, 0.717) is 13.0 Å². The molecule has 0 heterocycles. The molecule has 0 spiro atoms. The summed E-state index contributed by atoms with van der Waals surface area (Å²) in [5.41, 5.74) is 1.06. The number of likely N-dealkylation sites (N-methyl/N-ethyl adjacent to an activating group) is 2. The Labute approximate surface area is 119 Å². The Morgan fingerprint density at radius 1 is 1.32 bits per heavy atom. The van der Waals surface area contributed by atoms with Gasteiger partial charge in [-0.1, -0.05) is 30.3 Å². The normalized spacial score (nSPS) is 11.7. The van der Waals surface area contributed by atoms with Gasteiger partial charge in [0.15, 0.2) is 0 Å². The number of nitrogens with one attached hydrogen (secondary N) is 1. The minimum absolute atomic E-state index is 0.0810. The second kappa shape index (κ2) is 7.84. The summed E-state index contributed by atoms with van der Waals surface area (Å²) in [7, 11) is 1.56. The van der Waals surface area contributed by atoms with Crippen molar-refractivity contribution in [2.75, 3.05) is 20.1 Å². The third-order valence-electron chi connectivity index (χ3n) is 2.86. The molecule has 0 bridgehead atoms. The summed E-state index contributed by atoms with van der Waals surface area (Å²) < 4.78 is 0. The third-order valence-corrected chi connectivity index (χ3v) is 3.27. The Morgan fingerprint density at radius 3 is 2.47 bits per heavy atom. The Morgan fingerprint density at radius 2 is 1.95 bits per heavy atom. The fraction of sp³-hybridized carbons (Fsp3) is 0.429. The fourth-order valence-corrected chi connectivity index (χ4v) is 2.11. The van der Waals surface area contributed by atoms with Gasteiger partial charge in [0.1, 0.15) is 0 Å². The van der Waals surface area contributed by atoms with Crippen molar-refractivity contribution in [3.8, 4) is 0 Å². The number of hydrogen-bond donors (Lipinski definition) is 2. The van der Waals surface area contributed by atoms with Crippen molar-refractivity contribution in [1.82, 2.24) is 10.2 Å². The van der Waals surface area contributed by atoms with Gasteiger partial charge in [-0.3, -0.25) is 9.59 Å². The SMILES string of the molecule is CCN(CC(=O)NC)C(=O)C(S)Cc1ccccc1. The summed E-state index contributed by atoms with van der Waals surface area (Å²) in [6.45, 7) is 2.43.